The molecule has 1 atom stereocenters. The fraction of sp³-hybridized carbons (Fsp3) is 0.263. The molecule has 172 valence electrons. The highest BCUT2D eigenvalue weighted by Crippen LogP contribution is 2.56. The Balaban J connectivity index is 2.17. The minimum atomic E-state index is -2.65. The van der Waals surface area contributed by atoms with E-state index < -0.39 is 17.4 Å². The van der Waals surface area contributed by atoms with Crippen molar-refractivity contribution in [3.8, 4) is 5.75 Å². The van der Waals surface area contributed by atoms with E-state index in [0.29, 0.717) is 17.0 Å². The monoisotopic (exact) mass is 514 g/mol. The summed E-state index contributed by atoms with van der Waals surface area (Å²) >= 11 is 8.60. The SMILES string of the molecule is CCP(=S)(Oc1ccc([N+](=O)[O-])cc1)N(SCNC(=O)ON=C(C)SC)c1ccccc1. The molecule has 2 aromatic carbocycles. The van der Waals surface area contributed by atoms with Crippen molar-refractivity contribution >= 4 is 64.4 Å². The zero-order chi connectivity index (χ0) is 23.6. The molecule has 0 saturated heterocycles. The maximum atomic E-state index is 11.9. The summed E-state index contributed by atoms with van der Waals surface area (Å²) in [5.74, 6) is 0.611. The van der Waals surface area contributed by atoms with Crippen molar-refractivity contribution in [1.29, 1.82) is 0 Å². The zero-order valence-corrected chi connectivity index (χ0v) is 21.0. The third-order valence-electron chi connectivity index (χ3n) is 3.90. The third kappa shape index (κ3) is 7.70. The number of nitro groups is 1. The van der Waals surface area contributed by atoms with Crippen LogP contribution in [0.3, 0.4) is 0 Å². The van der Waals surface area contributed by atoms with Crippen molar-refractivity contribution < 1.29 is 19.1 Å². The molecule has 0 saturated carbocycles. The summed E-state index contributed by atoms with van der Waals surface area (Å²) in [6.45, 7) is 3.65. The predicted octanol–water partition coefficient (Wildman–Crippen LogP) is 5.84. The fourth-order valence-corrected chi connectivity index (χ4v) is 6.62. The number of para-hydroxylation sites is 1. The molecular weight excluding hydrogens is 491 g/mol. The number of non-ortho nitro benzene ring substituents is 1. The lowest BCUT2D eigenvalue weighted by Gasteiger charge is -2.34. The largest absolute Gasteiger partial charge is 0.448 e. The number of amides is 1. The summed E-state index contributed by atoms with van der Waals surface area (Å²) < 4.78 is 8.07. The van der Waals surface area contributed by atoms with Crippen molar-refractivity contribution in [2.75, 3.05) is 22.4 Å². The van der Waals surface area contributed by atoms with E-state index in [0.717, 1.165) is 5.69 Å². The number of nitro benzene ring substituents is 1. The number of carbonyl (C=O) groups is 1. The van der Waals surface area contributed by atoms with Gasteiger partial charge in [0.05, 0.1) is 16.5 Å². The van der Waals surface area contributed by atoms with Gasteiger partial charge < -0.3 is 9.84 Å². The standard InChI is InChI=1S/C19H23N4O5PS3/c1-4-29(30,28-18-12-10-16(11-13-18)22(25)26)23(17-8-6-5-7-9-17)32-14-20-19(24)27-21-15(2)31-3/h5-13H,4,14H2,1-3H3,(H,20,24). The number of nitrogens with zero attached hydrogens (tertiary/aromatic N) is 3. The average molecular weight is 515 g/mol. The van der Waals surface area contributed by atoms with Gasteiger partial charge in [-0.1, -0.05) is 30.3 Å². The Morgan fingerprint density at radius 1 is 1.25 bits per heavy atom. The van der Waals surface area contributed by atoms with Crippen LogP contribution in [0.25, 0.3) is 0 Å². The number of carbonyl (C=O) groups excluding carboxylic acids is 1. The molecule has 1 unspecified atom stereocenters. The second-order valence-electron chi connectivity index (χ2n) is 6.05. The molecular formula is C19H23N4O5PS3. The van der Waals surface area contributed by atoms with E-state index in [1.54, 1.807) is 6.92 Å². The van der Waals surface area contributed by atoms with Crippen LogP contribution in [0.5, 0.6) is 5.75 Å². The summed E-state index contributed by atoms with van der Waals surface area (Å²) in [5, 5.41) is 17.9. The lowest BCUT2D eigenvalue weighted by molar-refractivity contribution is -0.384. The minimum Gasteiger partial charge on any atom is -0.448 e. The van der Waals surface area contributed by atoms with Gasteiger partial charge in [0.25, 0.3) is 5.69 Å². The molecule has 0 heterocycles. The molecule has 1 N–H and O–H groups in total. The van der Waals surface area contributed by atoms with Crippen molar-refractivity contribution in [1.82, 2.24) is 5.32 Å². The first kappa shape index (κ1) is 26.0. The van der Waals surface area contributed by atoms with Gasteiger partial charge in [-0.15, -0.1) is 11.8 Å². The van der Waals surface area contributed by atoms with Crippen LogP contribution >= 0.6 is 30.1 Å². The van der Waals surface area contributed by atoms with E-state index in [4.69, 9.17) is 21.2 Å². The van der Waals surface area contributed by atoms with Crippen LogP contribution < -0.4 is 13.9 Å². The molecule has 0 bridgehead atoms. The van der Waals surface area contributed by atoms with Gasteiger partial charge in [0.15, 0.2) is 0 Å². The molecule has 0 spiro atoms. The van der Waals surface area contributed by atoms with Crippen molar-refractivity contribution in [2.24, 2.45) is 5.16 Å². The number of thioether (sulfide) groups is 1. The number of benzene rings is 2. The maximum Gasteiger partial charge on any atom is 0.434 e. The van der Waals surface area contributed by atoms with Crippen LogP contribution in [-0.4, -0.2) is 34.4 Å². The van der Waals surface area contributed by atoms with Crippen molar-refractivity contribution in [3.05, 3.63) is 64.7 Å². The Kier molecular flexibility index (Phi) is 10.3. The highest BCUT2D eigenvalue weighted by Gasteiger charge is 2.28. The van der Waals surface area contributed by atoms with Crippen LogP contribution in [0.15, 0.2) is 59.8 Å². The lowest BCUT2D eigenvalue weighted by Crippen LogP contribution is -2.26. The van der Waals surface area contributed by atoms with Crippen molar-refractivity contribution in [3.63, 3.8) is 0 Å². The molecule has 32 heavy (non-hydrogen) atoms. The van der Waals surface area contributed by atoms with E-state index in [1.807, 2.05) is 47.6 Å². The van der Waals surface area contributed by atoms with Gasteiger partial charge in [0.2, 0.25) is 6.42 Å². The first-order chi connectivity index (χ1) is 15.3. The molecule has 1 amide bonds. The summed E-state index contributed by atoms with van der Waals surface area (Å²) in [6.07, 6.45) is -0.986. The highest BCUT2D eigenvalue weighted by molar-refractivity contribution is 8.21. The van der Waals surface area contributed by atoms with E-state index in [2.05, 4.69) is 10.5 Å². The van der Waals surface area contributed by atoms with Gasteiger partial charge in [-0.25, -0.2) is 4.79 Å². The quantitative estimate of drug-likeness (QED) is 0.0612. The van der Waals surface area contributed by atoms with E-state index >= 15 is 0 Å². The molecule has 0 aromatic heterocycles. The van der Waals surface area contributed by atoms with Crippen LogP contribution in [0, 0.1) is 10.1 Å². The second-order valence-corrected chi connectivity index (χ2v) is 12.4. The molecule has 13 heteroatoms. The highest BCUT2D eigenvalue weighted by atomic mass is 32.5. The molecule has 0 fully saturated rings. The second kappa shape index (κ2) is 12.7. The molecule has 2 rings (SSSR count). The van der Waals surface area contributed by atoms with Gasteiger partial charge in [-0.05, 0) is 61.2 Å². The summed E-state index contributed by atoms with van der Waals surface area (Å²) in [4.78, 5) is 27.1. The predicted molar refractivity (Wildman–Crippen MR) is 136 cm³/mol. The van der Waals surface area contributed by atoms with Gasteiger partial charge >= 0.3 is 6.09 Å². The summed E-state index contributed by atoms with van der Waals surface area (Å²) in [5.41, 5.74) is 0.787. The number of hydrogen-bond donors (Lipinski definition) is 1. The van der Waals surface area contributed by atoms with Gasteiger partial charge in [0, 0.05) is 18.3 Å². The normalized spacial score (nSPS) is 13.0. The van der Waals surface area contributed by atoms with Crippen LogP contribution in [0.2, 0.25) is 0 Å². The van der Waals surface area contributed by atoms with E-state index in [1.165, 1.54) is 48.0 Å². The molecule has 9 nitrogen and oxygen atoms in total. The smallest absolute Gasteiger partial charge is 0.434 e. The van der Waals surface area contributed by atoms with Gasteiger partial charge in [-0.2, -0.15) is 0 Å². The van der Waals surface area contributed by atoms with Crippen LogP contribution in [0.4, 0.5) is 16.2 Å². The minimum absolute atomic E-state index is 0.0291. The number of nitrogens with one attached hydrogen (secondary N) is 1. The molecule has 0 aliphatic rings. The Labute approximate surface area is 200 Å². The number of hydrogen-bond acceptors (Lipinski definition) is 9. The Morgan fingerprint density at radius 3 is 2.47 bits per heavy atom. The van der Waals surface area contributed by atoms with Gasteiger partial charge in [0.1, 0.15) is 10.8 Å². The summed E-state index contributed by atoms with van der Waals surface area (Å²) in [6, 6.07) is 15.3. The number of rotatable bonds is 10. The lowest BCUT2D eigenvalue weighted by atomic mass is 10.3. The van der Waals surface area contributed by atoms with Crippen LogP contribution in [0.1, 0.15) is 13.8 Å². The first-order valence-corrected chi connectivity index (χ1v) is 14.4. The molecule has 0 radical (unpaired) electrons. The zero-order valence-electron chi connectivity index (χ0n) is 17.7. The number of anilines is 1. The Hall–Kier alpha value is -2.27. The van der Waals surface area contributed by atoms with Gasteiger partial charge in [-0.3, -0.25) is 19.0 Å². The average Bonchev–Trinajstić information content (AvgIpc) is 2.81. The topological polar surface area (TPSA) is 106 Å². The molecule has 2 aromatic rings. The first-order valence-electron chi connectivity index (χ1n) is 9.34. The van der Waals surface area contributed by atoms with Crippen molar-refractivity contribution in [2.45, 2.75) is 13.8 Å². The van der Waals surface area contributed by atoms with E-state index in [-0.39, 0.29) is 11.6 Å². The Bertz CT molecular complexity index is 992. The van der Waals surface area contributed by atoms with Crippen LogP contribution in [-0.2, 0) is 16.6 Å². The molecule has 0 aliphatic carbocycles. The number of oxime groups is 1. The third-order valence-corrected chi connectivity index (χ3v) is 10.3. The Morgan fingerprint density at radius 2 is 1.91 bits per heavy atom. The van der Waals surface area contributed by atoms with E-state index in [9.17, 15) is 14.9 Å². The fourth-order valence-electron chi connectivity index (χ4n) is 2.25. The molecule has 0 aliphatic heterocycles. The maximum absolute atomic E-state index is 11.9. The summed E-state index contributed by atoms with van der Waals surface area (Å²) in [7, 11) is 0.